The van der Waals surface area contributed by atoms with Crippen molar-refractivity contribution in [2.24, 2.45) is 0 Å². The van der Waals surface area contributed by atoms with Gasteiger partial charge in [-0.1, -0.05) is 18.2 Å². The van der Waals surface area contributed by atoms with Gasteiger partial charge in [0.2, 0.25) is 0 Å². The Morgan fingerprint density at radius 2 is 0.646 bits per heavy atom. The van der Waals surface area contributed by atoms with E-state index in [2.05, 4.69) is 229 Å². The largest absolute Gasteiger partial charge is 0.376 e. The van der Waals surface area contributed by atoms with Gasteiger partial charge >= 0.3 is 0 Å². The van der Waals surface area contributed by atoms with Crippen LogP contribution in [0.5, 0.6) is 0 Å². The van der Waals surface area contributed by atoms with Crippen molar-refractivity contribution in [3.63, 3.8) is 0 Å². The van der Waals surface area contributed by atoms with Crippen molar-refractivity contribution in [3.05, 3.63) is 258 Å². The van der Waals surface area contributed by atoms with E-state index in [4.69, 9.17) is 19.9 Å². The standard InChI is InChI=1S/2C24H20N8S.C23H18N8S.C21H13N7S/c1-32(2)12-14-5-16(8-25-7-14)17-6-18-22(30-31-23(18)27-9-17)24-28-20-11-26-10-19(21(20)29-24)15-3-4-33-13-15;1-32(2)13-14-6-15(9-25-8-14)16-7-17-22(30-31-23(17)27-10-16)24-28-19-12-26-11-18(21(19)29-24)20-4-3-5-33-20;1-31(2)16-5-14(7-24-9-16)15-6-17-21(29-30-22(17)26-8-15)23-27-19-11-25-10-18(20(19)28-23)13-3-4-32-12-13;1-3-12(8-22-5-1)13-7-14-19(27-28-20(14)24-9-13)21-25-16-11-23-10-15(18(16)26-21)17-4-2-6-29-17/h3-11,13H,12H2,1-2H3,(H,28,29)(H,27,30,31);3-12H,13H2,1-2H3,(H,28,29)(H,27,30,31);3-12H,1-2H3,(H,27,28)(H,26,29,30);1-11H,(H,25,26)(H,24,27,28). The predicted octanol–water partition coefficient (Wildman–Crippen LogP) is 18.9. The minimum absolute atomic E-state index is 0.636. The Balaban J connectivity index is 0.000000103. The molecule has 0 bridgehead atoms. The lowest BCUT2D eigenvalue weighted by Crippen LogP contribution is -2.10. The van der Waals surface area contributed by atoms with E-state index >= 15 is 0 Å². The van der Waals surface area contributed by atoms with Gasteiger partial charge in [-0.25, -0.2) is 39.9 Å². The summed E-state index contributed by atoms with van der Waals surface area (Å²) in [4.78, 5) is 94.8. The third kappa shape index (κ3) is 15.7. The molecule has 31 nitrogen and oxygen atoms in total. The first kappa shape index (κ1) is 78.3. The topological polar surface area (TPSA) is 394 Å². The number of hydrogen-bond donors (Lipinski definition) is 8. The minimum Gasteiger partial charge on any atom is -0.376 e. The van der Waals surface area contributed by atoms with Crippen molar-refractivity contribution < 1.29 is 0 Å². The number of imidazole rings is 4. The fourth-order valence-corrected chi connectivity index (χ4v) is 18.0. The van der Waals surface area contributed by atoms with E-state index in [0.29, 0.717) is 45.9 Å². The average Bonchev–Trinajstić information content (AvgIpc) is 1.57. The first-order valence-electron chi connectivity index (χ1n) is 39.9. The third-order valence-electron chi connectivity index (χ3n) is 21.2. The average molecular weight is 1740 g/mol. The normalized spacial score (nSPS) is 11.6. The molecule has 0 unspecified atom stereocenters. The summed E-state index contributed by atoms with van der Waals surface area (Å²) >= 11 is 6.65. The molecule has 0 aromatic carbocycles. The molecule has 24 aromatic rings. The van der Waals surface area contributed by atoms with E-state index in [1.54, 1.807) is 82.5 Å². The minimum atomic E-state index is 0.636. The van der Waals surface area contributed by atoms with Crippen molar-refractivity contribution in [2.75, 3.05) is 47.2 Å². The first-order chi connectivity index (χ1) is 62.3. The van der Waals surface area contributed by atoms with Gasteiger partial charge in [0.25, 0.3) is 0 Å². The second kappa shape index (κ2) is 33.7. The summed E-state index contributed by atoms with van der Waals surface area (Å²) in [5.74, 6) is 2.82. The molecule has 0 saturated carbocycles. The Labute approximate surface area is 736 Å². The summed E-state index contributed by atoms with van der Waals surface area (Å²) in [5.41, 5.74) is 30.3. The van der Waals surface area contributed by atoms with Crippen molar-refractivity contribution in [3.8, 4) is 134 Å². The molecule has 35 heteroatoms. The van der Waals surface area contributed by atoms with Crippen LogP contribution >= 0.6 is 45.3 Å². The number of rotatable bonds is 17. The van der Waals surface area contributed by atoms with E-state index in [0.717, 1.165) is 206 Å². The summed E-state index contributed by atoms with van der Waals surface area (Å²) in [5, 5.41) is 45.9. The smallest absolute Gasteiger partial charge is 0.181 e. The van der Waals surface area contributed by atoms with Crippen molar-refractivity contribution in [1.82, 2.24) is 150 Å². The zero-order chi connectivity index (χ0) is 85.6. The van der Waals surface area contributed by atoms with E-state index in [1.807, 2.05) is 158 Å². The van der Waals surface area contributed by atoms with Gasteiger partial charge in [-0.15, -0.1) is 22.7 Å². The molecule has 24 heterocycles. The molecule has 0 aliphatic heterocycles. The quantitative estimate of drug-likeness (QED) is 0.0420. The first-order valence-corrected chi connectivity index (χ1v) is 43.6. The number of H-pyrrole nitrogens is 8. The fraction of sp³-hybridized carbons (Fsp3) is 0.0870. The van der Waals surface area contributed by atoms with Crippen LogP contribution in [0.4, 0.5) is 5.69 Å². The zero-order valence-corrected chi connectivity index (χ0v) is 71.8. The maximum atomic E-state index is 4.90. The fourth-order valence-electron chi connectivity index (χ4n) is 15.2. The monoisotopic (exact) mass is 1740 g/mol. The van der Waals surface area contributed by atoms with Crippen molar-refractivity contribution >= 4 is 139 Å². The van der Waals surface area contributed by atoms with E-state index in [9.17, 15) is 0 Å². The summed E-state index contributed by atoms with van der Waals surface area (Å²) in [7, 11) is 12.2. The summed E-state index contributed by atoms with van der Waals surface area (Å²) in [6.45, 7) is 1.65. The molecule has 0 fully saturated rings. The third-order valence-corrected chi connectivity index (χ3v) is 24.4. The van der Waals surface area contributed by atoms with Gasteiger partial charge in [-0.2, -0.15) is 43.1 Å². The Morgan fingerprint density at radius 3 is 0.992 bits per heavy atom. The Bertz CT molecular complexity index is 7820. The maximum absolute atomic E-state index is 4.90. The van der Waals surface area contributed by atoms with Gasteiger partial charge < -0.3 is 34.6 Å². The zero-order valence-electron chi connectivity index (χ0n) is 68.5. The number of fused-ring (bicyclic) bond motifs is 8. The molecule has 0 aliphatic carbocycles. The predicted molar refractivity (Wildman–Crippen MR) is 502 cm³/mol. The number of nitrogens with one attached hydrogen (secondary N) is 8. The van der Waals surface area contributed by atoms with Crippen molar-refractivity contribution in [2.45, 2.75) is 13.1 Å². The van der Waals surface area contributed by atoms with Crippen LogP contribution in [0.2, 0.25) is 0 Å². The van der Waals surface area contributed by atoms with Crippen molar-refractivity contribution in [1.29, 1.82) is 0 Å². The number of pyridine rings is 12. The summed E-state index contributed by atoms with van der Waals surface area (Å²) in [6.07, 6.45) is 36.7. The number of nitrogens with zero attached hydrogens (tertiary/aromatic N) is 23. The van der Waals surface area contributed by atoms with Crippen LogP contribution < -0.4 is 4.90 Å². The molecule has 24 aromatic heterocycles. The Kier molecular flexibility index (Phi) is 20.8. The summed E-state index contributed by atoms with van der Waals surface area (Å²) < 4.78 is 0. The molecule has 0 amide bonds. The maximum Gasteiger partial charge on any atom is 0.181 e. The van der Waals surface area contributed by atoms with Gasteiger partial charge in [0, 0.05) is 197 Å². The van der Waals surface area contributed by atoms with Crippen LogP contribution in [0.1, 0.15) is 11.1 Å². The molecule has 0 atom stereocenters. The van der Waals surface area contributed by atoms with E-state index in [1.165, 1.54) is 0 Å². The highest BCUT2D eigenvalue weighted by atomic mass is 32.1. The van der Waals surface area contributed by atoms with Gasteiger partial charge in [-0.05, 0) is 156 Å². The van der Waals surface area contributed by atoms with Crippen LogP contribution in [-0.4, -0.2) is 193 Å². The second-order valence-corrected chi connectivity index (χ2v) is 34.1. The highest BCUT2D eigenvalue weighted by Gasteiger charge is 2.24. The molecule has 618 valence electrons. The molecule has 0 spiro atoms. The second-order valence-electron chi connectivity index (χ2n) is 30.6. The molecule has 0 saturated heterocycles. The molecule has 0 radical (unpaired) electrons. The van der Waals surface area contributed by atoms with Crippen LogP contribution in [0.3, 0.4) is 0 Å². The van der Waals surface area contributed by atoms with Crippen LogP contribution in [0.15, 0.2) is 247 Å². The summed E-state index contributed by atoms with van der Waals surface area (Å²) in [6, 6.07) is 31.0. The lowest BCUT2D eigenvalue weighted by Gasteiger charge is -2.12. The van der Waals surface area contributed by atoms with Gasteiger partial charge in [0.15, 0.2) is 45.9 Å². The van der Waals surface area contributed by atoms with E-state index < -0.39 is 0 Å². The number of aromatic nitrogens is 28. The Morgan fingerprint density at radius 1 is 0.299 bits per heavy atom. The Hall–Kier alpha value is -15.9. The lowest BCUT2D eigenvalue weighted by atomic mass is 10.1. The van der Waals surface area contributed by atoms with E-state index in [-0.39, 0.29) is 0 Å². The number of anilines is 1. The molecular weight excluding hydrogens is 1670 g/mol. The molecule has 24 rings (SSSR count). The molecule has 127 heavy (non-hydrogen) atoms. The molecule has 0 aliphatic rings. The lowest BCUT2D eigenvalue weighted by molar-refractivity contribution is 0.402. The number of hydrogen-bond acceptors (Lipinski definition) is 27. The number of aromatic amines is 8. The highest BCUT2D eigenvalue weighted by Crippen LogP contribution is 2.40. The van der Waals surface area contributed by atoms with Crippen LogP contribution in [-0.2, 0) is 13.1 Å². The van der Waals surface area contributed by atoms with Gasteiger partial charge in [0.05, 0.1) is 80.3 Å². The van der Waals surface area contributed by atoms with Crippen LogP contribution in [0.25, 0.3) is 222 Å². The molecular formula is C92H71N31S4. The highest BCUT2D eigenvalue weighted by molar-refractivity contribution is 7.14. The van der Waals surface area contributed by atoms with Gasteiger partial charge in [0.1, 0.15) is 44.8 Å². The van der Waals surface area contributed by atoms with Gasteiger partial charge in [-0.3, -0.25) is 60.3 Å². The SMILES string of the molecule is CN(C)Cc1cncc(-c2cnc3n[nH]c(-c4nc5c(-c6cccs6)cncc5[nH]4)c3c2)c1.CN(C)Cc1cncc(-c2cnc3n[nH]c(-c4nc5c(-c6ccsc6)cncc5[nH]4)c3c2)c1.CN(C)c1cncc(-c2cnc3n[nH]c(-c4nc5c(-c6ccsc6)cncc5[nH]4)c3c2)c1.c1cncc(-c2cnc3n[nH]c(-c4nc5c(-c6cccs6)cncc5[nH]4)c3c2)c1. The van der Waals surface area contributed by atoms with Crippen LogP contribution in [0, 0.1) is 0 Å². The molecule has 8 N–H and O–H groups in total. The number of thiophene rings is 4.